The van der Waals surface area contributed by atoms with Crippen molar-refractivity contribution in [2.24, 2.45) is 0 Å². The summed E-state index contributed by atoms with van der Waals surface area (Å²) in [6.07, 6.45) is 0. The number of para-hydroxylation sites is 6. The molecular formula is C66H43N3O. The van der Waals surface area contributed by atoms with E-state index < -0.39 is 0 Å². The van der Waals surface area contributed by atoms with Crippen LogP contribution in [-0.4, -0.2) is 9.13 Å². The third-order valence-corrected chi connectivity index (χ3v) is 14.1. The molecule has 4 heteroatoms. The SMILES string of the molecule is c1ccc(-n2c3ccccc3c3cc(-c4ccc(N(c5ccc(-c6cccc7c6oc6ccccc67)cc5)c5cccc(-c6ccc7c(c6)c6ccccc6n7-c6ccccc6)c5)cc4)ccc32)cc1. The summed E-state index contributed by atoms with van der Waals surface area (Å²) in [5, 5.41) is 7.20. The summed E-state index contributed by atoms with van der Waals surface area (Å²) in [5.74, 6) is 0. The van der Waals surface area contributed by atoms with Crippen LogP contribution in [0.15, 0.2) is 265 Å². The van der Waals surface area contributed by atoms with Crippen LogP contribution in [0.1, 0.15) is 0 Å². The van der Waals surface area contributed by atoms with Gasteiger partial charge in [-0.25, -0.2) is 0 Å². The number of nitrogens with zero attached hydrogens (tertiary/aromatic N) is 3. The van der Waals surface area contributed by atoms with Crippen LogP contribution in [0.4, 0.5) is 17.1 Å². The van der Waals surface area contributed by atoms with Crippen molar-refractivity contribution in [1.29, 1.82) is 0 Å². The molecule has 0 aliphatic rings. The smallest absolute Gasteiger partial charge is 0.143 e. The quantitative estimate of drug-likeness (QED) is 0.152. The van der Waals surface area contributed by atoms with E-state index in [-0.39, 0.29) is 0 Å². The lowest BCUT2D eigenvalue weighted by Crippen LogP contribution is -2.10. The van der Waals surface area contributed by atoms with Crippen molar-refractivity contribution in [3.8, 4) is 44.8 Å². The lowest BCUT2D eigenvalue weighted by Gasteiger charge is -2.26. The number of hydrogen-bond acceptors (Lipinski definition) is 2. The molecule has 0 amide bonds. The van der Waals surface area contributed by atoms with Gasteiger partial charge >= 0.3 is 0 Å². The van der Waals surface area contributed by atoms with Crippen LogP contribution in [0.5, 0.6) is 0 Å². The normalized spacial score (nSPS) is 11.7. The molecule has 0 radical (unpaired) electrons. The first kappa shape index (κ1) is 39.8. The van der Waals surface area contributed by atoms with E-state index in [0.717, 1.165) is 72.6 Å². The monoisotopic (exact) mass is 893 g/mol. The predicted molar refractivity (Wildman–Crippen MR) is 293 cm³/mol. The molecule has 0 unspecified atom stereocenters. The first-order chi connectivity index (χ1) is 34.7. The number of fused-ring (bicyclic) bond motifs is 9. The van der Waals surface area contributed by atoms with E-state index in [0.29, 0.717) is 0 Å². The van der Waals surface area contributed by atoms with Gasteiger partial charge in [-0.2, -0.15) is 0 Å². The fraction of sp³-hybridized carbons (Fsp3) is 0. The maximum Gasteiger partial charge on any atom is 0.143 e. The first-order valence-corrected chi connectivity index (χ1v) is 23.9. The minimum atomic E-state index is 0.899. The number of benzene rings is 11. The Morgan fingerprint density at radius 3 is 1.34 bits per heavy atom. The fourth-order valence-electron chi connectivity index (χ4n) is 10.9. The van der Waals surface area contributed by atoms with E-state index in [1.807, 2.05) is 12.1 Å². The molecule has 11 aromatic carbocycles. The molecular weight excluding hydrogens is 851 g/mol. The second-order valence-corrected chi connectivity index (χ2v) is 18.1. The molecule has 328 valence electrons. The Balaban J connectivity index is 0.878. The minimum absolute atomic E-state index is 0.899. The van der Waals surface area contributed by atoms with Crippen molar-refractivity contribution in [2.75, 3.05) is 4.90 Å². The molecule has 0 saturated carbocycles. The Kier molecular flexibility index (Phi) is 9.17. The van der Waals surface area contributed by atoms with Crippen molar-refractivity contribution in [3.05, 3.63) is 261 Å². The van der Waals surface area contributed by atoms with E-state index in [9.17, 15) is 0 Å². The van der Waals surface area contributed by atoms with Gasteiger partial charge < -0.3 is 18.5 Å². The molecule has 3 aromatic heterocycles. The molecule has 14 rings (SSSR count). The molecule has 0 N–H and O–H groups in total. The molecule has 0 spiro atoms. The van der Waals surface area contributed by atoms with Crippen molar-refractivity contribution >= 4 is 82.6 Å². The van der Waals surface area contributed by atoms with Gasteiger partial charge in [0.1, 0.15) is 11.2 Å². The van der Waals surface area contributed by atoms with Crippen molar-refractivity contribution < 1.29 is 4.42 Å². The van der Waals surface area contributed by atoms with Gasteiger partial charge in [0.2, 0.25) is 0 Å². The summed E-state index contributed by atoms with van der Waals surface area (Å²) in [6.45, 7) is 0. The summed E-state index contributed by atoms with van der Waals surface area (Å²) in [7, 11) is 0. The van der Waals surface area contributed by atoms with Crippen LogP contribution >= 0.6 is 0 Å². The first-order valence-electron chi connectivity index (χ1n) is 23.9. The second kappa shape index (κ2) is 16.2. The highest BCUT2D eigenvalue weighted by molar-refractivity contribution is 6.12. The molecule has 70 heavy (non-hydrogen) atoms. The molecule has 0 bridgehead atoms. The Hall–Kier alpha value is -9.38. The molecule has 0 aliphatic carbocycles. The van der Waals surface area contributed by atoms with Gasteiger partial charge in [0.05, 0.1) is 22.1 Å². The van der Waals surface area contributed by atoms with E-state index in [1.54, 1.807) is 0 Å². The van der Waals surface area contributed by atoms with E-state index >= 15 is 0 Å². The van der Waals surface area contributed by atoms with Crippen LogP contribution in [0.3, 0.4) is 0 Å². The fourth-order valence-corrected chi connectivity index (χ4v) is 10.9. The highest BCUT2D eigenvalue weighted by atomic mass is 16.3. The number of aromatic nitrogens is 2. The van der Waals surface area contributed by atoms with E-state index in [1.165, 1.54) is 54.7 Å². The van der Waals surface area contributed by atoms with Crippen molar-refractivity contribution in [2.45, 2.75) is 0 Å². The summed E-state index contributed by atoms with van der Waals surface area (Å²) in [4.78, 5) is 2.37. The maximum absolute atomic E-state index is 6.48. The summed E-state index contributed by atoms with van der Waals surface area (Å²) in [5.41, 5.74) is 18.9. The van der Waals surface area contributed by atoms with Gasteiger partial charge in [0, 0.05) is 66.3 Å². The third-order valence-electron chi connectivity index (χ3n) is 14.1. The van der Waals surface area contributed by atoms with Gasteiger partial charge in [-0.15, -0.1) is 0 Å². The van der Waals surface area contributed by atoms with Crippen LogP contribution in [0.2, 0.25) is 0 Å². The molecule has 0 aliphatic heterocycles. The predicted octanol–water partition coefficient (Wildman–Crippen LogP) is 18.3. The highest BCUT2D eigenvalue weighted by Crippen LogP contribution is 2.42. The van der Waals surface area contributed by atoms with Crippen LogP contribution < -0.4 is 4.90 Å². The van der Waals surface area contributed by atoms with Gasteiger partial charge in [0.25, 0.3) is 0 Å². The van der Waals surface area contributed by atoms with Gasteiger partial charge in [-0.1, -0.05) is 158 Å². The Bertz CT molecular complexity index is 4270. The largest absolute Gasteiger partial charge is 0.455 e. The van der Waals surface area contributed by atoms with Gasteiger partial charge in [0.15, 0.2) is 0 Å². The number of hydrogen-bond donors (Lipinski definition) is 0. The van der Waals surface area contributed by atoms with Crippen LogP contribution in [0.25, 0.3) is 110 Å². The maximum atomic E-state index is 6.48. The zero-order valence-corrected chi connectivity index (χ0v) is 38.1. The van der Waals surface area contributed by atoms with E-state index in [4.69, 9.17) is 4.42 Å². The summed E-state index contributed by atoms with van der Waals surface area (Å²) < 4.78 is 11.2. The van der Waals surface area contributed by atoms with Crippen molar-refractivity contribution in [3.63, 3.8) is 0 Å². The number of anilines is 3. The van der Waals surface area contributed by atoms with Crippen LogP contribution in [-0.2, 0) is 0 Å². The van der Waals surface area contributed by atoms with Crippen LogP contribution in [0, 0.1) is 0 Å². The lowest BCUT2D eigenvalue weighted by atomic mass is 10.00. The minimum Gasteiger partial charge on any atom is -0.455 e. The topological polar surface area (TPSA) is 26.2 Å². The summed E-state index contributed by atoms with van der Waals surface area (Å²) >= 11 is 0. The Morgan fingerprint density at radius 2 is 0.729 bits per heavy atom. The van der Waals surface area contributed by atoms with Crippen molar-refractivity contribution in [1.82, 2.24) is 9.13 Å². The number of furan rings is 1. The third kappa shape index (κ3) is 6.46. The second-order valence-electron chi connectivity index (χ2n) is 18.1. The van der Waals surface area contributed by atoms with E-state index in [2.05, 4.69) is 263 Å². The Morgan fingerprint density at radius 1 is 0.271 bits per heavy atom. The zero-order valence-electron chi connectivity index (χ0n) is 38.1. The average molecular weight is 894 g/mol. The molecule has 0 saturated heterocycles. The lowest BCUT2D eigenvalue weighted by molar-refractivity contribution is 0.670. The standard InChI is InChI=1S/C66H43N3O/c1-3-16-49(17-4-1)68-61-26-10-7-21-55(61)59-42-47(33-39-63(59)68)44-29-35-51(36-30-44)67(52-37-31-45(32-38-52)54-24-14-25-58-57-23-9-12-28-65(57)70-66(54)58)53-20-13-15-46(41-53)48-34-40-64-60(43-48)56-22-8-11-27-62(56)69(64)50-18-5-2-6-19-50/h1-43H. The van der Waals surface area contributed by atoms with Gasteiger partial charge in [-0.05, 0) is 131 Å². The molecule has 14 aromatic rings. The zero-order chi connectivity index (χ0) is 46.1. The molecule has 0 atom stereocenters. The average Bonchev–Trinajstić information content (AvgIpc) is 4.10. The molecule has 4 nitrogen and oxygen atoms in total. The highest BCUT2D eigenvalue weighted by Gasteiger charge is 2.19. The number of rotatable bonds is 8. The Labute approximate surface area is 404 Å². The van der Waals surface area contributed by atoms with Gasteiger partial charge in [-0.3, -0.25) is 0 Å². The summed E-state index contributed by atoms with van der Waals surface area (Å²) in [6, 6.07) is 94.1. The molecule has 3 heterocycles. The molecule has 0 fully saturated rings.